The lowest BCUT2D eigenvalue weighted by atomic mass is 9.70. The molecule has 0 spiro atoms. The first-order chi connectivity index (χ1) is 18.4. The van der Waals surface area contributed by atoms with Gasteiger partial charge in [0.05, 0.1) is 30.2 Å². The van der Waals surface area contributed by atoms with Crippen molar-refractivity contribution in [1.82, 2.24) is 14.8 Å². The Bertz CT molecular complexity index is 1460. The standard InChI is InChI=1S/C27H30F3N5O4/c1-4-39-24(37)25(2,3)26(38,27(28,29)30)17-9-11-18(12-10-17)33-22-21-20(13-14-32-23(21)36)35(34-22)19-8-6-5-7-16(19)15-31/h9-14,16,19,38H,4-8H2,1-3H3,(H,32,36)(H,33,34). The number of aromatic nitrogens is 3. The number of carbonyl (C=O) groups is 1. The van der Waals surface area contributed by atoms with Crippen molar-refractivity contribution in [3.8, 4) is 6.07 Å². The number of esters is 1. The maximum Gasteiger partial charge on any atom is 0.422 e. The molecule has 4 rings (SSSR count). The molecule has 208 valence electrons. The number of pyridine rings is 1. The van der Waals surface area contributed by atoms with Crippen LogP contribution in [0.5, 0.6) is 0 Å². The first-order valence-corrected chi connectivity index (χ1v) is 12.7. The van der Waals surface area contributed by atoms with Crippen LogP contribution in [0, 0.1) is 22.7 Å². The summed E-state index contributed by atoms with van der Waals surface area (Å²) in [4.78, 5) is 27.8. The highest BCUT2D eigenvalue weighted by Crippen LogP contribution is 2.51. The zero-order valence-corrected chi connectivity index (χ0v) is 21.8. The van der Waals surface area contributed by atoms with Crippen LogP contribution in [-0.4, -0.2) is 38.6 Å². The second-order valence-corrected chi connectivity index (χ2v) is 10.2. The van der Waals surface area contributed by atoms with Gasteiger partial charge in [0.2, 0.25) is 5.60 Å². The molecule has 1 aliphatic rings. The number of hydrogen-bond donors (Lipinski definition) is 3. The lowest BCUT2D eigenvalue weighted by Gasteiger charge is -2.42. The highest BCUT2D eigenvalue weighted by molar-refractivity contribution is 5.91. The summed E-state index contributed by atoms with van der Waals surface area (Å²) in [6.45, 7) is 3.28. The average molecular weight is 546 g/mol. The van der Waals surface area contributed by atoms with Gasteiger partial charge in [-0.15, -0.1) is 0 Å². The second kappa shape index (κ2) is 10.4. The van der Waals surface area contributed by atoms with E-state index in [9.17, 15) is 33.1 Å². The summed E-state index contributed by atoms with van der Waals surface area (Å²) in [6.07, 6.45) is -0.403. The maximum atomic E-state index is 14.2. The minimum absolute atomic E-state index is 0.144. The van der Waals surface area contributed by atoms with Gasteiger partial charge in [-0.3, -0.25) is 14.3 Å². The fourth-order valence-electron chi connectivity index (χ4n) is 5.26. The minimum Gasteiger partial charge on any atom is -0.465 e. The molecule has 2 aromatic heterocycles. The van der Waals surface area contributed by atoms with E-state index in [1.807, 2.05) is 0 Å². The van der Waals surface area contributed by atoms with Crippen LogP contribution in [0.3, 0.4) is 0 Å². The number of fused-ring (bicyclic) bond motifs is 1. The Morgan fingerprint density at radius 2 is 1.90 bits per heavy atom. The van der Waals surface area contributed by atoms with Crippen molar-refractivity contribution >= 4 is 28.4 Å². The van der Waals surface area contributed by atoms with Gasteiger partial charge in [0.25, 0.3) is 5.56 Å². The van der Waals surface area contributed by atoms with E-state index in [2.05, 4.69) is 21.5 Å². The molecule has 9 nitrogen and oxygen atoms in total. The van der Waals surface area contributed by atoms with E-state index >= 15 is 0 Å². The summed E-state index contributed by atoms with van der Waals surface area (Å²) >= 11 is 0. The number of nitriles is 1. The van der Waals surface area contributed by atoms with Crippen LogP contribution in [0.4, 0.5) is 24.7 Å². The number of benzene rings is 1. The number of alkyl halides is 3. The third kappa shape index (κ3) is 4.76. The maximum absolute atomic E-state index is 14.2. The second-order valence-electron chi connectivity index (χ2n) is 10.2. The van der Waals surface area contributed by atoms with E-state index in [1.165, 1.54) is 25.3 Å². The summed E-state index contributed by atoms with van der Waals surface area (Å²) in [6, 6.07) is 8.53. The summed E-state index contributed by atoms with van der Waals surface area (Å²) in [5.41, 5.74) is -6.02. The van der Waals surface area contributed by atoms with E-state index < -0.39 is 34.3 Å². The number of aromatic amines is 1. The van der Waals surface area contributed by atoms with Gasteiger partial charge in [-0.25, -0.2) is 0 Å². The molecule has 3 N–H and O–H groups in total. The molecule has 1 aliphatic carbocycles. The number of ether oxygens (including phenoxy) is 1. The van der Waals surface area contributed by atoms with Crippen molar-refractivity contribution in [3.63, 3.8) is 0 Å². The molecule has 0 bridgehead atoms. The topological polar surface area (TPSA) is 133 Å². The lowest BCUT2D eigenvalue weighted by Crippen LogP contribution is -2.57. The number of aliphatic hydroxyl groups is 1. The molecular formula is C27H30F3N5O4. The molecule has 1 fully saturated rings. The summed E-state index contributed by atoms with van der Waals surface area (Å²) in [5.74, 6) is -1.28. The lowest BCUT2D eigenvalue weighted by molar-refractivity contribution is -0.303. The van der Waals surface area contributed by atoms with Crippen LogP contribution in [0.1, 0.15) is 58.1 Å². The van der Waals surface area contributed by atoms with Gasteiger partial charge >= 0.3 is 12.1 Å². The van der Waals surface area contributed by atoms with E-state index in [1.54, 1.807) is 10.7 Å². The van der Waals surface area contributed by atoms with Crippen molar-refractivity contribution in [2.75, 3.05) is 11.9 Å². The Kier molecular flexibility index (Phi) is 7.49. The Morgan fingerprint density at radius 1 is 1.23 bits per heavy atom. The first kappa shape index (κ1) is 28.2. The number of halogens is 3. The number of nitrogens with one attached hydrogen (secondary N) is 2. The molecule has 39 heavy (non-hydrogen) atoms. The zero-order valence-electron chi connectivity index (χ0n) is 21.8. The highest BCUT2D eigenvalue weighted by atomic mass is 19.4. The van der Waals surface area contributed by atoms with Gasteiger partial charge in [0.1, 0.15) is 10.8 Å². The molecule has 3 atom stereocenters. The summed E-state index contributed by atoms with van der Waals surface area (Å²) < 4.78 is 49.2. The third-order valence-electron chi connectivity index (χ3n) is 7.51. The monoisotopic (exact) mass is 545 g/mol. The quantitative estimate of drug-likeness (QED) is 0.353. The van der Waals surface area contributed by atoms with Gasteiger partial charge in [0.15, 0.2) is 5.82 Å². The van der Waals surface area contributed by atoms with Gasteiger partial charge < -0.3 is 20.1 Å². The van der Waals surface area contributed by atoms with Gasteiger partial charge in [-0.1, -0.05) is 25.0 Å². The van der Waals surface area contributed by atoms with Crippen LogP contribution < -0.4 is 10.9 Å². The van der Waals surface area contributed by atoms with Gasteiger partial charge in [-0.05, 0) is 57.4 Å². The van der Waals surface area contributed by atoms with Gasteiger partial charge in [-0.2, -0.15) is 23.5 Å². The molecule has 1 saturated carbocycles. The van der Waals surface area contributed by atoms with Crippen LogP contribution in [0.15, 0.2) is 41.3 Å². The molecule has 0 saturated heterocycles. The Labute approximate surface area is 222 Å². The SMILES string of the molecule is CCOC(=O)C(C)(C)C(O)(c1ccc(Nc2nn(C3CCCCC3C#N)c3cc[nH]c(=O)c23)cc1)C(F)(F)F. The molecule has 3 unspecified atom stereocenters. The third-order valence-corrected chi connectivity index (χ3v) is 7.51. The Balaban J connectivity index is 1.73. The number of nitrogens with zero attached hydrogens (tertiary/aromatic N) is 3. The average Bonchev–Trinajstić information content (AvgIpc) is 3.27. The molecule has 0 aliphatic heterocycles. The Hall–Kier alpha value is -3.85. The van der Waals surface area contributed by atoms with Gasteiger partial charge in [0, 0.05) is 11.9 Å². The highest BCUT2D eigenvalue weighted by Gasteiger charge is 2.66. The number of carbonyl (C=O) groups excluding carboxylic acids is 1. The van der Waals surface area contributed by atoms with E-state index in [-0.39, 0.29) is 29.8 Å². The van der Waals surface area contributed by atoms with Crippen molar-refractivity contribution in [1.29, 1.82) is 5.26 Å². The fourth-order valence-corrected chi connectivity index (χ4v) is 5.26. The first-order valence-electron chi connectivity index (χ1n) is 12.7. The number of H-pyrrole nitrogens is 1. The van der Waals surface area contributed by atoms with Crippen LogP contribution in [0.25, 0.3) is 10.9 Å². The summed E-state index contributed by atoms with van der Waals surface area (Å²) in [7, 11) is 0. The van der Waals surface area contributed by atoms with E-state index in [0.29, 0.717) is 11.2 Å². The molecular weight excluding hydrogens is 515 g/mol. The van der Waals surface area contributed by atoms with Crippen LogP contribution >= 0.6 is 0 Å². The minimum atomic E-state index is -5.20. The molecule has 1 aromatic carbocycles. The molecule has 0 amide bonds. The van der Waals surface area contributed by atoms with E-state index in [4.69, 9.17) is 4.74 Å². The summed E-state index contributed by atoms with van der Waals surface area (Å²) in [5, 5.41) is 28.5. The fraction of sp³-hybridized carbons (Fsp3) is 0.481. The van der Waals surface area contributed by atoms with Crippen molar-refractivity contribution < 1.29 is 27.8 Å². The molecule has 0 radical (unpaired) electrons. The zero-order chi connectivity index (χ0) is 28.6. The predicted octanol–water partition coefficient (Wildman–Crippen LogP) is 5.06. The number of rotatable bonds is 7. The number of hydrogen-bond acceptors (Lipinski definition) is 7. The van der Waals surface area contributed by atoms with Crippen LogP contribution in [0.2, 0.25) is 0 Å². The van der Waals surface area contributed by atoms with Crippen molar-refractivity contribution in [2.24, 2.45) is 11.3 Å². The van der Waals surface area contributed by atoms with Crippen molar-refractivity contribution in [3.05, 3.63) is 52.4 Å². The van der Waals surface area contributed by atoms with Crippen LogP contribution in [-0.2, 0) is 15.1 Å². The normalized spacial score (nSPS) is 19.7. The number of anilines is 2. The predicted molar refractivity (Wildman–Crippen MR) is 137 cm³/mol. The van der Waals surface area contributed by atoms with Crippen molar-refractivity contribution in [2.45, 2.75) is 64.3 Å². The Morgan fingerprint density at radius 3 is 2.51 bits per heavy atom. The largest absolute Gasteiger partial charge is 0.465 e. The van der Waals surface area contributed by atoms with E-state index in [0.717, 1.165) is 51.7 Å². The molecule has 12 heteroatoms. The molecule has 3 aromatic rings. The molecule has 2 heterocycles. The smallest absolute Gasteiger partial charge is 0.422 e.